The van der Waals surface area contributed by atoms with E-state index in [-0.39, 0.29) is 11.5 Å². The zero-order valence-corrected chi connectivity index (χ0v) is 12.2. The summed E-state index contributed by atoms with van der Waals surface area (Å²) in [6.07, 6.45) is 7.59. The van der Waals surface area contributed by atoms with Crippen LogP contribution in [0.15, 0.2) is 29.8 Å². The monoisotopic (exact) mass is 263 g/mol. The molecule has 1 aliphatic carbocycles. The van der Waals surface area contributed by atoms with Crippen LogP contribution in [0.5, 0.6) is 0 Å². The number of aliphatic hydroxyl groups excluding tert-OH is 1. The van der Waals surface area contributed by atoms with Gasteiger partial charge in [0.1, 0.15) is 12.7 Å². The Kier molecular flexibility index (Phi) is 4.14. The van der Waals surface area contributed by atoms with E-state index in [0.29, 0.717) is 24.3 Å². The molecule has 0 amide bonds. The summed E-state index contributed by atoms with van der Waals surface area (Å²) in [6, 6.07) is 0. The quantitative estimate of drug-likeness (QED) is 0.792. The normalized spacial score (nSPS) is 34.5. The average Bonchev–Trinajstić information content (AvgIpc) is 2.72. The second-order valence-corrected chi connectivity index (χ2v) is 6.40. The van der Waals surface area contributed by atoms with E-state index in [0.717, 1.165) is 12.8 Å². The largest absolute Gasteiger partial charge is 0.477 e. The molecule has 3 heteroatoms. The molecule has 1 heterocycles. The van der Waals surface area contributed by atoms with Gasteiger partial charge in [-0.15, -0.1) is 6.58 Å². The Balaban J connectivity index is 2.17. The highest BCUT2D eigenvalue weighted by molar-refractivity contribution is 5.83. The molecule has 4 atom stereocenters. The van der Waals surface area contributed by atoms with Crippen LogP contribution in [0.3, 0.4) is 0 Å². The van der Waals surface area contributed by atoms with Crippen molar-refractivity contribution >= 4 is 5.90 Å². The summed E-state index contributed by atoms with van der Waals surface area (Å²) < 4.78 is 5.59. The maximum atomic E-state index is 10.6. The molecule has 1 aliphatic heterocycles. The average molecular weight is 263 g/mol. The van der Waals surface area contributed by atoms with Gasteiger partial charge >= 0.3 is 0 Å². The van der Waals surface area contributed by atoms with Crippen LogP contribution < -0.4 is 0 Å². The zero-order valence-electron chi connectivity index (χ0n) is 12.2. The first-order valence-corrected chi connectivity index (χ1v) is 7.13. The second kappa shape index (κ2) is 5.49. The van der Waals surface area contributed by atoms with Gasteiger partial charge in [-0.05, 0) is 38.5 Å². The topological polar surface area (TPSA) is 41.8 Å². The minimum atomic E-state index is -0.634. The van der Waals surface area contributed by atoms with Gasteiger partial charge in [0.15, 0.2) is 0 Å². The lowest BCUT2D eigenvalue weighted by molar-refractivity contribution is 0.104. The number of aliphatic imine (C=N–C) groups is 1. The van der Waals surface area contributed by atoms with Gasteiger partial charge < -0.3 is 9.84 Å². The van der Waals surface area contributed by atoms with Crippen LogP contribution in [-0.4, -0.2) is 29.3 Å². The van der Waals surface area contributed by atoms with Crippen LogP contribution in [0.2, 0.25) is 0 Å². The molecule has 19 heavy (non-hydrogen) atoms. The first kappa shape index (κ1) is 14.3. The summed E-state index contributed by atoms with van der Waals surface area (Å²) in [7, 11) is 0. The molecule has 0 spiro atoms. The van der Waals surface area contributed by atoms with E-state index >= 15 is 0 Å². The fourth-order valence-electron chi connectivity index (χ4n) is 3.00. The molecule has 0 aromatic heterocycles. The molecule has 2 rings (SSSR count). The van der Waals surface area contributed by atoms with Gasteiger partial charge in [-0.2, -0.15) is 0 Å². The van der Waals surface area contributed by atoms with Gasteiger partial charge in [0.2, 0.25) is 5.90 Å². The van der Waals surface area contributed by atoms with Gasteiger partial charge in [0.05, 0.1) is 5.54 Å². The maximum absolute atomic E-state index is 10.6. The second-order valence-electron chi connectivity index (χ2n) is 6.40. The summed E-state index contributed by atoms with van der Waals surface area (Å²) >= 11 is 0. The Morgan fingerprint density at radius 2 is 2.37 bits per heavy atom. The van der Waals surface area contributed by atoms with Gasteiger partial charge in [-0.1, -0.05) is 25.2 Å². The third-order valence-corrected chi connectivity index (χ3v) is 4.13. The predicted molar refractivity (Wildman–Crippen MR) is 78.2 cm³/mol. The fraction of sp³-hybridized carbons (Fsp3) is 0.688. The molecular weight excluding hydrogens is 238 g/mol. The Morgan fingerprint density at radius 1 is 1.63 bits per heavy atom. The number of aliphatic hydroxyl groups is 1. The van der Waals surface area contributed by atoms with E-state index < -0.39 is 6.10 Å². The number of ether oxygens (including phenoxy) is 1. The molecule has 0 fully saturated rings. The number of rotatable bonds is 4. The van der Waals surface area contributed by atoms with Crippen molar-refractivity contribution in [2.24, 2.45) is 22.7 Å². The molecule has 1 unspecified atom stereocenters. The Labute approximate surface area is 116 Å². The molecular formula is C16H25NO2. The molecule has 0 saturated heterocycles. The third kappa shape index (κ3) is 3.08. The molecule has 0 bridgehead atoms. The summed E-state index contributed by atoms with van der Waals surface area (Å²) in [5.41, 5.74) is -0.214. The van der Waals surface area contributed by atoms with Crippen LogP contribution in [0.4, 0.5) is 0 Å². The smallest absolute Gasteiger partial charge is 0.214 e. The highest BCUT2D eigenvalue weighted by atomic mass is 16.5. The summed E-state index contributed by atoms with van der Waals surface area (Å²) in [4.78, 5) is 4.50. The molecule has 3 nitrogen and oxygen atoms in total. The lowest BCUT2D eigenvalue weighted by Crippen LogP contribution is -2.37. The summed E-state index contributed by atoms with van der Waals surface area (Å²) in [5.74, 6) is 1.54. The van der Waals surface area contributed by atoms with Crippen molar-refractivity contribution in [1.29, 1.82) is 0 Å². The van der Waals surface area contributed by atoms with E-state index in [1.54, 1.807) is 0 Å². The molecule has 0 saturated carbocycles. The van der Waals surface area contributed by atoms with E-state index in [1.807, 2.05) is 19.9 Å². The Morgan fingerprint density at radius 3 is 2.95 bits per heavy atom. The fourth-order valence-corrected chi connectivity index (χ4v) is 3.00. The van der Waals surface area contributed by atoms with Gasteiger partial charge in [-0.25, -0.2) is 4.99 Å². The lowest BCUT2D eigenvalue weighted by atomic mass is 9.72. The number of hydrogen-bond acceptors (Lipinski definition) is 3. The van der Waals surface area contributed by atoms with Crippen LogP contribution >= 0.6 is 0 Å². The van der Waals surface area contributed by atoms with E-state index in [9.17, 15) is 5.11 Å². The van der Waals surface area contributed by atoms with E-state index in [1.165, 1.54) is 0 Å². The van der Waals surface area contributed by atoms with Crippen molar-refractivity contribution in [3.05, 3.63) is 24.8 Å². The van der Waals surface area contributed by atoms with Gasteiger partial charge in [-0.3, -0.25) is 0 Å². The van der Waals surface area contributed by atoms with Crippen LogP contribution in [0.1, 0.15) is 33.6 Å². The number of nitrogens with zero attached hydrogens (tertiary/aromatic N) is 1. The van der Waals surface area contributed by atoms with Crippen molar-refractivity contribution in [3.63, 3.8) is 0 Å². The first-order chi connectivity index (χ1) is 8.94. The first-order valence-electron chi connectivity index (χ1n) is 7.13. The van der Waals surface area contributed by atoms with Crippen molar-refractivity contribution < 1.29 is 9.84 Å². The van der Waals surface area contributed by atoms with E-state index in [2.05, 4.69) is 30.6 Å². The maximum Gasteiger partial charge on any atom is 0.214 e. The lowest BCUT2D eigenvalue weighted by Gasteiger charge is -2.34. The summed E-state index contributed by atoms with van der Waals surface area (Å²) in [6.45, 7) is 10.7. The van der Waals surface area contributed by atoms with Crippen molar-refractivity contribution in [1.82, 2.24) is 0 Å². The number of allylic oxidation sites excluding steroid dienone is 2. The minimum absolute atomic E-state index is 0.0781. The van der Waals surface area contributed by atoms with Crippen LogP contribution in [0.25, 0.3) is 0 Å². The molecule has 1 N–H and O–H groups in total. The van der Waals surface area contributed by atoms with Gasteiger partial charge in [0.25, 0.3) is 0 Å². The molecule has 2 aliphatic rings. The highest BCUT2D eigenvalue weighted by Crippen LogP contribution is 2.36. The minimum Gasteiger partial charge on any atom is -0.477 e. The van der Waals surface area contributed by atoms with Gasteiger partial charge in [0, 0.05) is 5.92 Å². The SMILES string of the molecule is C=CC[C@@H]1[C@@H](C(O)C2=NC(C)(C)CO2)C=CC[C@@H]1C. The Bertz CT molecular complexity index is 398. The van der Waals surface area contributed by atoms with Crippen molar-refractivity contribution in [3.8, 4) is 0 Å². The number of hydrogen-bond donors (Lipinski definition) is 1. The Hall–Kier alpha value is -1.09. The third-order valence-electron chi connectivity index (χ3n) is 4.13. The molecule has 0 aromatic rings. The van der Waals surface area contributed by atoms with Crippen molar-refractivity contribution in [2.75, 3.05) is 6.61 Å². The van der Waals surface area contributed by atoms with Crippen molar-refractivity contribution in [2.45, 2.75) is 45.3 Å². The zero-order chi connectivity index (χ0) is 14.0. The standard InChI is InChI=1S/C16H25NO2/c1-5-7-12-11(2)8-6-9-13(12)14(18)15-17-16(3,4)10-19-15/h5-6,9,11-14,18H,1,7-8,10H2,2-4H3/t11-,12-,13-,14?/m0/s1. The van der Waals surface area contributed by atoms with E-state index in [4.69, 9.17) is 4.74 Å². The molecule has 0 radical (unpaired) electrons. The highest BCUT2D eigenvalue weighted by Gasteiger charge is 2.38. The summed E-state index contributed by atoms with van der Waals surface area (Å²) in [5, 5.41) is 10.6. The predicted octanol–water partition coefficient (Wildman–Crippen LogP) is 2.96. The molecule has 0 aromatic carbocycles. The van der Waals surface area contributed by atoms with Crippen LogP contribution in [-0.2, 0) is 4.74 Å². The van der Waals surface area contributed by atoms with Crippen LogP contribution in [0, 0.1) is 17.8 Å². The molecule has 106 valence electrons.